The van der Waals surface area contributed by atoms with Crippen molar-refractivity contribution in [2.75, 3.05) is 4.90 Å². The monoisotopic (exact) mass is 645 g/mol. The maximum absolute atomic E-state index is 2.46. The van der Waals surface area contributed by atoms with Crippen molar-refractivity contribution in [1.29, 1.82) is 0 Å². The predicted molar refractivity (Wildman–Crippen MR) is 213 cm³/mol. The Balaban J connectivity index is 1.23. The van der Waals surface area contributed by atoms with Crippen LogP contribution in [0.4, 0.5) is 17.1 Å². The summed E-state index contributed by atoms with van der Waals surface area (Å²) in [5.41, 5.74) is 16.8. The smallest absolute Gasteiger partial charge is 0.0468 e. The molecule has 0 N–H and O–H groups in total. The topological polar surface area (TPSA) is 3.24 Å². The molecule has 1 heteroatoms. The van der Waals surface area contributed by atoms with E-state index in [0.29, 0.717) is 0 Å². The van der Waals surface area contributed by atoms with E-state index in [1.165, 1.54) is 72.1 Å². The summed E-state index contributed by atoms with van der Waals surface area (Å²) in [6.45, 7) is 14.4. The molecule has 50 heavy (non-hydrogen) atoms. The van der Waals surface area contributed by atoms with E-state index in [0.717, 1.165) is 11.4 Å². The normalized spacial score (nSPS) is 15.9. The highest BCUT2D eigenvalue weighted by Crippen LogP contribution is 2.55. The molecule has 7 aromatic carbocycles. The molecule has 0 radical (unpaired) electrons. The van der Waals surface area contributed by atoms with Gasteiger partial charge in [0.15, 0.2) is 0 Å². The zero-order valence-electron chi connectivity index (χ0n) is 29.9. The number of hydrogen-bond acceptors (Lipinski definition) is 1. The van der Waals surface area contributed by atoms with Gasteiger partial charge in [0.05, 0.1) is 0 Å². The molecule has 1 nitrogen and oxygen atoms in total. The number of nitrogens with zero attached hydrogens (tertiary/aromatic N) is 1. The van der Waals surface area contributed by atoms with E-state index in [9.17, 15) is 0 Å². The Labute approximate surface area is 296 Å². The largest absolute Gasteiger partial charge is 0.310 e. The first-order chi connectivity index (χ1) is 24.1. The van der Waals surface area contributed by atoms with Crippen LogP contribution in [0.1, 0.15) is 63.8 Å². The lowest BCUT2D eigenvalue weighted by molar-refractivity contribution is 0.299. The second-order valence-electron chi connectivity index (χ2n) is 15.9. The van der Waals surface area contributed by atoms with E-state index in [1.54, 1.807) is 0 Å². The maximum atomic E-state index is 2.46. The van der Waals surface area contributed by atoms with E-state index in [-0.39, 0.29) is 16.2 Å². The fourth-order valence-corrected chi connectivity index (χ4v) is 8.81. The summed E-state index contributed by atoms with van der Waals surface area (Å²) >= 11 is 0. The molecule has 0 spiro atoms. The van der Waals surface area contributed by atoms with Crippen LogP contribution in [0.15, 0.2) is 152 Å². The summed E-state index contributed by atoms with van der Waals surface area (Å²) in [7, 11) is 0. The van der Waals surface area contributed by atoms with Crippen LogP contribution in [-0.4, -0.2) is 0 Å². The lowest BCUT2D eigenvalue weighted by Gasteiger charge is -2.48. The number of benzene rings is 7. The molecule has 0 atom stereocenters. The molecule has 2 aliphatic rings. The average Bonchev–Trinajstić information content (AvgIpc) is 3.36. The van der Waals surface area contributed by atoms with Crippen molar-refractivity contribution in [2.45, 2.75) is 57.8 Å². The molecule has 244 valence electrons. The van der Waals surface area contributed by atoms with Crippen LogP contribution in [0.25, 0.3) is 44.2 Å². The number of rotatable bonds is 4. The van der Waals surface area contributed by atoms with Crippen molar-refractivity contribution in [3.05, 3.63) is 174 Å². The zero-order valence-corrected chi connectivity index (χ0v) is 29.9. The van der Waals surface area contributed by atoms with Crippen LogP contribution in [0, 0.1) is 0 Å². The fourth-order valence-electron chi connectivity index (χ4n) is 8.81. The van der Waals surface area contributed by atoms with Gasteiger partial charge in [-0.1, -0.05) is 145 Å². The molecule has 7 aromatic rings. The van der Waals surface area contributed by atoms with Gasteiger partial charge in [-0.15, -0.1) is 0 Å². The van der Waals surface area contributed by atoms with Crippen LogP contribution < -0.4 is 4.90 Å². The molecule has 0 bridgehead atoms. The highest BCUT2D eigenvalue weighted by molar-refractivity contribution is 5.96. The Morgan fingerprint density at radius 3 is 1.62 bits per heavy atom. The molecule has 0 fully saturated rings. The first kappa shape index (κ1) is 30.6. The lowest BCUT2D eigenvalue weighted by atomic mass is 9.55. The first-order valence-electron chi connectivity index (χ1n) is 17.9. The number of fused-ring (bicyclic) bond motifs is 7. The van der Waals surface area contributed by atoms with Gasteiger partial charge in [0.25, 0.3) is 0 Å². The van der Waals surface area contributed by atoms with E-state index in [1.807, 2.05) is 0 Å². The zero-order chi connectivity index (χ0) is 34.4. The first-order valence-corrected chi connectivity index (χ1v) is 17.9. The molecule has 0 heterocycles. The summed E-state index contributed by atoms with van der Waals surface area (Å²) in [6.07, 6.45) is 0. The van der Waals surface area contributed by atoms with E-state index < -0.39 is 0 Å². The second kappa shape index (κ2) is 10.8. The third-order valence-electron chi connectivity index (χ3n) is 12.4. The summed E-state index contributed by atoms with van der Waals surface area (Å²) in [4.78, 5) is 2.45. The van der Waals surface area contributed by atoms with Crippen molar-refractivity contribution in [1.82, 2.24) is 0 Å². The van der Waals surface area contributed by atoms with Crippen LogP contribution in [0.5, 0.6) is 0 Å². The molecule has 0 aliphatic heterocycles. The van der Waals surface area contributed by atoms with Gasteiger partial charge in [-0.2, -0.15) is 0 Å². The second-order valence-corrected chi connectivity index (χ2v) is 15.9. The van der Waals surface area contributed by atoms with Gasteiger partial charge in [0, 0.05) is 22.5 Å². The molecule has 0 amide bonds. The standard InChI is InChI=1S/C49H43N/c1-47(2)43-18-12-10-17-40(43)42-29-34-22-25-37(28-35(34)30-45(42)47)50(36-23-20-33(21-24-36)32-14-8-7-9-15-32)38-26-27-41-39-16-11-13-19-44(39)48(3,4)49(5,6)46(41)31-38/h7-31H,1-6H3. The summed E-state index contributed by atoms with van der Waals surface area (Å²) < 4.78 is 0. The Morgan fingerprint density at radius 2 is 0.880 bits per heavy atom. The quantitative estimate of drug-likeness (QED) is 0.184. The summed E-state index contributed by atoms with van der Waals surface area (Å²) in [5, 5.41) is 2.53. The van der Waals surface area contributed by atoms with E-state index >= 15 is 0 Å². The van der Waals surface area contributed by atoms with Crippen LogP contribution in [0.2, 0.25) is 0 Å². The van der Waals surface area contributed by atoms with Gasteiger partial charge >= 0.3 is 0 Å². The average molecular weight is 646 g/mol. The Morgan fingerprint density at radius 1 is 0.340 bits per heavy atom. The highest BCUT2D eigenvalue weighted by Gasteiger charge is 2.46. The van der Waals surface area contributed by atoms with Crippen LogP contribution in [0.3, 0.4) is 0 Å². The van der Waals surface area contributed by atoms with Crippen LogP contribution >= 0.6 is 0 Å². The third kappa shape index (κ3) is 4.39. The van der Waals surface area contributed by atoms with Gasteiger partial charge in [-0.25, -0.2) is 0 Å². The lowest BCUT2D eigenvalue weighted by Crippen LogP contribution is -2.43. The van der Waals surface area contributed by atoms with E-state index in [2.05, 4.69) is 198 Å². The van der Waals surface area contributed by atoms with Gasteiger partial charge in [0.2, 0.25) is 0 Å². The Kier molecular flexibility index (Phi) is 6.62. The Hall–Kier alpha value is -5.40. The van der Waals surface area contributed by atoms with Gasteiger partial charge in [-0.3, -0.25) is 0 Å². The SMILES string of the molecule is CC1(C)c2ccccc2-c2cc3ccc(N(c4ccc(-c5ccccc5)cc4)c4ccc5c(c4)C(C)(C)C(C)(C)c4ccccc4-5)cc3cc21. The molecular formula is C49H43N. The van der Waals surface area contributed by atoms with Crippen molar-refractivity contribution >= 4 is 27.8 Å². The van der Waals surface area contributed by atoms with E-state index in [4.69, 9.17) is 0 Å². The third-order valence-corrected chi connectivity index (χ3v) is 12.4. The van der Waals surface area contributed by atoms with Crippen molar-refractivity contribution in [3.8, 4) is 33.4 Å². The minimum atomic E-state index is -0.0833. The van der Waals surface area contributed by atoms with Gasteiger partial charge in [-0.05, 0) is 126 Å². The summed E-state index contributed by atoms with van der Waals surface area (Å²) in [6, 6.07) is 56.6. The molecule has 0 saturated carbocycles. The van der Waals surface area contributed by atoms with Crippen molar-refractivity contribution in [3.63, 3.8) is 0 Å². The Bertz CT molecular complexity index is 2440. The molecule has 0 unspecified atom stereocenters. The summed E-state index contributed by atoms with van der Waals surface area (Å²) in [5.74, 6) is 0. The fraction of sp³-hybridized carbons (Fsp3) is 0.184. The minimum absolute atomic E-state index is 0.0366. The number of hydrogen-bond donors (Lipinski definition) is 0. The molecule has 0 aromatic heterocycles. The van der Waals surface area contributed by atoms with Crippen molar-refractivity contribution < 1.29 is 0 Å². The highest BCUT2D eigenvalue weighted by atomic mass is 15.1. The molecule has 0 saturated heterocycles. The van der Waals surface area contributed by atoms with Gasteiger partial charge in [0.1, 0.15) is 0 Å². The van der Waals surface area contributed by atoms with Crippen molar-refractivity contribution in [2.24, 2.45) is 0 Å². The maximum Gasteiger partial charge on any atom is 0.0468 e. The van der Waals surface area contributed by atoms with Crippen LogP contribution in [-0.2, 0) is 16.2 Å². The van der Waals surface area contributed by atoms with Gasteiger partial charge < -0.3 is 4.90 Å². The predicted octanol–water partition coefficient (Wildman–Crippen LogP) is 13.5. The molecular weight excluding hydrogens is 603 g/mol. The number of anilines is 3. The molecule has 9 rings (SSSR count). The minimum Gasteiger partial charge on any atom is -0.310 e. The molecule has 2 aliphatic carbocycles.